The molecule has 0 spiro atoms. The zero-order chi connectivity index (χ0) is 19.1. The third-order valence-electron chi connectivity index (χ3n) is 3.58. The van der Waals surface area contributed by atoms with Gasteiger partial charge in [0.15, 0.2) is 5.78 Å². The van der Waals surface area contributed by atoms with Crippen molar-refractivity contribution >= 4 is 23.7 Å². The van der Waals surface area contributed by atoms with Crippen LogP contribution >= 0.6 is 0 Å². The molecule has 0 aliphatic heterocycles. The van der Waals surface area contributed by atoms with E-state index >= 15 is 0 Å². The fourth-order valence-corrected chi connectivity index (χ4v) is 2.13. The van der Waals surface area contributed by atoms with E-state index in [0.29, 0.717) is 11.1 Å². The average Bonchev–Trinajstić information content (AvgIpc) is 2.64. The quantitative estimate of drug-likeness (QED) is 0.640. The summed E-state index contributed by atoms with van der Waals surface area (Å²) in [6.45, 7) is -0.176. The Morgan fingerprint density at radius 1 is 0.962 bits per heavy atom. The third-order valence-corrected chi connectivity index (χ3v) is 3.58. The van der Waals surface area contributed by atoms with Gasteiger partial charge in [0, 0.05) is 31.3 Å². The third kappa shape index (κ3) is 5.37. The van der Waals surface area contributed by atoms with Gasteiger partial charge in [0.25, 0.3) is 5.91 Å². The molecule has 5 nitrogen and oxygen atoms in total. The summed E-state index contributed by atoms with van der Waals surface area (Å²) >= 11 is 0. The van der Waals surface area contributed by atoms with Crippen molar-refractivity contribution in [1.29, 1.82) is 0 Å². The lowest BCUT2D eigenvalue weighted by atomic mass is 10.1. The number of carbonyl (C=O) groups is 3. The number of halogens is 1. The van der Waals surface area contributed by atoms with E-state index in [4.69, 9.17) is 0 Å². The van der Waals surface area contributed by atoms with Crippen LogP contribution in [-0.2, 0) is 4.79 Å². The first-order chi connectivity index (χ1) is 12.4. The predicted octanol–water partition coefficient (Wildman–Crippen LogP) is 2.54. The summed E-state index contributed by atoms with van der Waals surface area (Å²) in [5, 5.41) is 2.48. The molecule has 2 aromatic rings. The van der Waals surface area contributed by atoms with Crippen LogP contribution in [0.2, 0.25) is 0 Å². The number of ketones is 1. The first-order valence-corrected chi connectivity index (χ1v) is 7.93. The maximum Gasteiger partial charge on any atom is 0.253 e. The standard InChI is InChI=1S/C20H19FN2O3/c1-23(2)20(26)16-6-3-14(4-7-16)5-12-19(25)22-13-18(24)15-8-10-17(21)11-9-15/h3-12H,13H2,1-2H3,(H,22,25)/b12-5+. The van der Waals surface area contributed by atoms with Gasteiger partial charge in [-0.3, -0.25) is 14.4 Å². The molecule has 0 atom stereocenters. The van der Waals surface area contributed by atoms with Gasteiger partial charge in [0.05, 0.1) is 6.54 Å². The van der Waals surface area contributed by atoms with Crippen molar-refractivity contribution in [2.75, 3.05) is 20.6 Å². The number of benzene rings is 2. The Morgan fingerprint density at radius 3 is 2.12 bits per heavy atom. The smallest absolute Gasteiger partial charge is 0.253 e. The zero-order valence-electron chi connectivity index (χ0n) is 14.5. The molecule has 26 heavy (non-hydrogen) atoms. The summed E-state index contributed by atoms with van der Waals surface area (Å²) in [5.74, 6) is -1.25. The second-order valence-corrected chi connectivity index (χ2v) is 5.80. The molecule has 2 amide bonds. The molecule has 0 unspecified atom stereocenters. The van der Waals surface area contributed by atoms with E-state index in [0.717, 1.165) is 5.56 Å². The molecule has 0 aliphatic carbocycles. The Balaban J connectivity index is 1.88. The van der Waals surface area contributed by atoms with Crippen LogP contribution in [0.5, 0.6) is 0 Å². The van der Waals surface area contributed by atoms with Crippen molar-refractivity contribution in [3.8, 4) is 0 Å². The summed E-state index contributed by atoms with van der Waals surface area (Å²) < 4.78 is 12.8. The molecule has 0 heterocycles. The molecule has 2 rings (SSSR count). The molecule has 1 N–H and O–H groups in total. The maximum absolute atomic E-state index is 12.8. The van der Waals surface area contributed by atoms with E-state index in [1.165, 1.54) is 35.2 Å². The number of hydrogen-bond acceptors (Lipinski definition) is 3. The van der Waals surface area contributed by atoms with E-state index in [-0.39, 0.29) is 18.2 Å². The van der Waals surface area contributed by atoms with Gasteiger partial charge in [-0.25, -0.2) is 4.39 Å². The van der Waals surface area contributed by atoms with Gasteiger partial charge < -0.3 is 10.2 Å². The van der Waals surface area contributed by atoms with E-state index < -0.39 is 11.7 Å². The zero-order valence-corrected chi connectivity index (χ0v) is 14.5. The second-order valence-electron chi connectivity index (χ2n) is 5.80. The highest BCUT2D eigenvalue weighted by Crippen LogP contribution is 2.08. The van der Waals surface area contributed by atoms with Crippen LogP contribution in [-0.4, -0.2) is 43.1 Å². The van der Waals surface area contributed by atoms with E-state index in [2.05, 4.69) is 5.32 Å². The van der Waals surface area contributed by atoms with Gasteiger partial charge >= 0.3 is 0 Å². The summed E-state index contributed by atoms with van der Waals surface area (Å²) in [7, 11) is 3.35. The molecule has 0 fully saturated rings. The highest BCUT2D eigenvalue weighted by atomic mass is 19.1. The van der Waals surface area contributed by atoms with Gasteiger partial charge in [-0.1, -0.05) is 12.1 Å². The first-order valence-electron chi connectivity index (χ1n) is 7.93. The Morgan fingerprint density at radius 2 is 1.54 bits per heavy atom. The Hall–Kier alpha value is -3.28. The number of nitrogens with one attached hydrogen (secondary N) is 1. The number of carbonyl (C=O) groups excluding carboxylic acids is 3. The van der Waals surface area contributed by atoms with Gasteiger partial charge in [-0.05, 0) is 48.0 Å². The largest absolute Gasteiger partial charge is 0.345 e. The number of nitrogens with zero attached hydrogens (tertiary/aromatic N) is 1. The highest BCUT2D eigenvalue weighted by molar-refractivity contribution is 6.01. The summed E-state index contributed by atoms with van der Waals surface area (Å²) in [6, 6.07) is 11.9. The van der Waals surface area contributed by atoms with Crippen LogP contribution in [0.1, 0.15) is 26.3 Å². The Bertz CT molecular complexity index is 825. The van der Waals surface area contributed by atoms with Crippen molar-refractivity contribution < 1.29 is 18.8 Å². The molecule has 0 radical (unpaired) electrons. The molecule has 134 valence electrons. The van der Waals surface area contributed by atoms with Crippen LogP contribution < -0.4 is 5.32 Å². The lowest BCUT2D eigenvalue weighted by Gasteiger charge is -2.09. The minimum absolute atomic E-state index is 0.0995. The minimum Gasteiger partial charge on any atom is -0.345 e. The number of hydrogen-bond donors (Lipinski definition) is 1. The molecule has 0 aliphatic rings. The molecule has 6 heteroatoms. The maximum atomic E-state index is 12.8. The van der Waals surface area contributed by atoms with Crippen LogP contribution in [0, 0.1) is 5.82 Å². The predicted molar refractivity (Wildman–Crippen MR) is 97.2 cm³/mol. The summed E-state index contributed by atoms with van der Waals surface area (Å²) in [4.78, 5) is 37.0. The van der Waals surface area contributed by atoms with Crippen molar-refractivity contribution in [1.82, 2.24) is 10.2 Å². The molecule has 0 saturated carbocycles. The second kappa shape index (κ2) is 8.71. The van der Waals surface area contributed by atoms with Crippen LogP contribution in [0.15, 0.2) is 54.6 Å². The van der Waals surface area contributed by atoms with Gasteiger partial charge in [0.2, 0.25) is 5.91 Å². The molecule has 0 saturated heterocycles. The molecule has 0 bridgehead atoms. The van der Waals surface area contributed by atoms with Crippen LogP contribution in [0.3, 0.4) is 0 Å². The van der Waals surface area contributed by atoms with E-state index in [9.17, 15) is 18.8 Å². The van der Waals surface area contributed by atoms with Gasteiger partial charge in [-0.2, -0.15) is 0 Å². The molecular formula is C20H19FN2O3. The number of rotatable bonds is 6. The fourth-order valence-electron chi connectivity index (χ4n) is 2.13. The van der Waals surface area contributed by atoms with Crippen molar-refractivity contribution in [2.45, 2.75) is 0 Å². The van der Waals surface area contributed by atoms with Crippen molar-refractivity contribution in [3.63, 3.8) is 0 Å². The summed E-state index contributed by atoms with van der Waals surface area (Å²) in [5.41, 5.74) is 1.64. The van der Waals surface area contributed by atoms with Crippen LogP contribution in [0.25, 0.3) is 6.08 Å². The Labute approximate surface area is 151 Å². The average molecular weight is 354 g/mol. The monoisotopic (exact) mass is 354 g/mol. The molecule has 0 aromatic heterocycles. The molecular weight excluding hydrogens is 335 g/mol. The number of amides is 2. The van der Waals surface area contributed by atoms with E-state index in [1.54, 1.807) is 44.4 Å². The highest BCUT2D eigenvalue weighted by Gasteiger charge is 2.08. The topological polar surface area (TPSA) is 66.5 Å². The van der Waals surface area contributed by atoms with Crippen molar-refractivity contribution in [3.05, 3.63) is 77.1 Å². The lowest BCUT2D eigenvalue weighted by Crippen LogP contribution is -2.27. The number of Topliss-reactive ketones (excluding diaryl/α,β-unsaturated/α-hetero) is 1. The fraction of sp³-hybridized carbons (Fsp3) is 0.150. The normalized spacial score (nSPS) is 10.6. The van der Waals surface area contributed by atoms with E-state index in [1.807, 2.05) is 0 Å². The lowest BCUT2D eigenvalue weighted by molar-refractivity contribution is -0.116. The van der Waals surface area contributed by atoms with Gasteiger partial charge in [0.1, 0.15) is 5.82 Å². The van der Waals surface area contributed by atoms with Crippen LogP contribution in [0.4, 0.5) is 4.39 Å². The SMILES string of the molecule is CN(C)C(=O)c1ccc(/C=C/C(=O)NCC(=O)c2ccc(F)cc2)cc1. The Kier molecular flexibility index (Phi) is 6.38. The first kappa shape index (κ1) is 19.1. The van der Waals surface area contributed by atoms with Crippen molar-refractivity contribution in [2.24, 2.45) is 0 Å². The van der Waals surface area contributed by atoms with Gasteiger partial charge in [-0.15, -0.1) is 0 Å². The summed E-state index contributed by atoms with van der Waals surface area (Å²) in [6.07, 6.45) is 2.89. The minimum atomic E-state index is -0.424. The molecule has 2 aromatic carbocycles.